The Balaban J connectivity index is 1.62. The molecule has 2 fully saturated rings. The number of benzene rings is 2. The number of piperidine rings is 1. The van der Waals surface area contributed by atoms with Gasteiger partial charge in [0.1, 0.15) is 5.82 Å². The van der Waals surface area contributed by atoms with Gasteiger partial charge in [-0.15, -0.1) is 0 Å². The Morgan fingerprint density at radius 2 is 1.52 bits per heavy atom. The summed E-state index contributed by atoms with van der Waals surface area (Å²) in [6.45, 7) is 3.40. The van der Waals surface area contributed by atoms with Crippen molar-refractivity contribution in [1.82, 2.24) is 4.90 Å². The summed E-state index contributed by atoms with van der Waals surface area (Å²) in [7, 11) is 0. The van der Waals surface area contributed by atoms with E-state index in [-0.39, 0.29) is 11.5 Å². The van der Waals surface area contributed by atoms with Crippen LogP contribution in [0.3, 0.4) is 0 Å². The molecule has 0 radical (unpaired) electrons. The van der Waals surface area contributed by atoms with Crippen LogP contribution >= 0.6 is 0 Å². The molecular formula is C23H26FN3O2. The highest BCUT2D eigenvalue weighted by Gasteiger charge is 2.25. The third kappa shape index (κ3) is 4.26. The summed E-state index contributed by atoms with van der Waals surface area (Å²) in [5, 5.41) is 2.75. The van der Waals surface area contributed by atoms with Crippen molar-refractivity contribution in [2.75, 3.05) is 36.4 Å². The lowest BCUT2D eigenvalue weighted by Gasteiger charge is -2.29. The van der Waals surface area contributed by atoms with Crippen LogP contribution in [-0.2, 0) is 0 Å². The van der Waals surface area contributed by atoms with Crippen molar-refractivity contribution in [2.45, 2.75) is 32.1 Å². The Morgan fingerprint density at radius 3 is 2.24 bits per heavy atom. The van der Waals surface area contributed by atoms with E-state index in [2.05, 4.69) is 10.2 Å². The molecule has 2 amide bonds. The maximum absolute atomic E-state index is 13.9. The Hall–Kier alpha value is -2.89. The molecule has 0 atom stereocenters. The summed E-state index contributed by atoms with van der Waals surface area (Å²) in [4.78, 5) is 29.9. The smallest absolute Gasteiger partial charge is 0.258 e. The van der Waals surface area contributed by atoms with Crippen molar-refractivity contribution in [3.63, 3.8) is 0 Å². The molecule has 0 aromatic heterocycles. The molecule has 2 heterocycles. The van der Waals surface area contributed by atoms with Crippen molar-refractivity contribution >= 4 is 23.2 Å². The molecule has 2 aliphatic rings. The topological polar surface area (TPSA) is 52.7 Å². The van der Waals surface area contributed by atoms with Gasteiger partial charge in [-0.1, -0.05) is 12.1 Å². The lowest BCUT2D eigenvalue weighted by Crippen LogP contribution is -2.36. The van der Waals surface area contributed by atoms with E-state index in [1.54, 1.807) is 24.3 Å². The molecule has 1 N–H and O–H groups in total. The highest BCUT2D eigenvalue weighted by atomic mass is 19.1. The molecule has 2 aliphatic heterocycles. The van der Waals surface area contributed by atoms with E-state index in [9.17, 15) is 14.0 Å². The summed E-state index contributed by atoms with van der Waals surface area (Å²) in [5.41, 5.74) is 2.02. The lowest BCUT2D eigenvalue weighted by atomic mass is 10.1. The molecule has 2 aromatic carbocycles. The fourth-order valence-electron chi connectivity index (χ4n) is 4.13. The minimum atomic E-state index is -0.566. The highest BCUT2D eigenvalue weighted by Crippen LogP contribution is 2.29. The number of likely N-dealkylation sites (tertiary alicyclic amines) is 1. The van der Waals surface area contributed by atoms with Gasteiger partial charge in [0.05, 0.1) is 11.1 Å². The molecule has 2 aromatic rings. The van der Waals surface area contributed by atoms with Gasteiger partial charge in [-0.05, 0) is 62.4 Å². The van der Waals surface area contributed by atoms with E-state index in [4.69, 9.17) is 0 Å². The lowest BCUT2D eigenvalue weighted by molar-refractivity contribution is 0.0724. The largest absolute Gasteiger partial charge is 0.371 e. The second kappa shape index (κ2) is 8.64. The number of carbonyl (C=O) groups excluding carboxylic acids is 2. The molecule has 152 valence electrons. The third-order valence-corrected chi connectivity index (χ3v) is 5.69. The van der Waals surface area contributed by atoms with Crippen LogP contribution in [0.4, 0.5) is 15.8 Å². The van der Waals surface area contributed by atoms with Crippen LogP contribution < -0.4 is 10.2 Å². The van der Waals surface area contributed by atoms with Crippen LogP contribution in [0, 0.1) is 5.82 Å². The number of hydrogen-bond donors (Lipinski definition) is 1. The maximum Gasteiger partial charge on any atom is 0.258 e. The van der Waals surface area contributed by atoms with Gasteiger partial charge in [0.25, 0.3) is 11.8 Å². The number of carbonyl (C=O) groups is 2. The number of halogens is 1. The van der Waals surface area contributed by atoms with E-state index in [0.717, 1.165) is 64.0 Å². The Morgan fingerprint density at radius 1 is 0.828 bits per heavy atom. The average Bonchev–Trinajstić information content (AvgIpc) is 3.29. The maximum atomic E-state index is 13.9. The average molecular weight is 395 g/mol. The second-order valence-electron chi connectivity index (χ2n) is 7.71. The van der Waals surface area contributed by atoms with Crippen molar-refractivity contribution in [2.24, 2.45) is 0 Å². The van der Waals surface area contributed by atoms with E-state index in [1.165, 1.54) is 12.1 Å². The molecular weight excluding hydrogens is 369 g/mol. The molecule has 29 heavy (non-hydrogen) atoms. The van der Waals surface area contributed by atoms with Gasteiger partial charge in [0.2, 0.25) is 0 Å². The number of nitrogens with zero attached hydrogens (tertiary/aromatic N) is 2. The van der Waals surface area contributed by atoms with Crippen LogP contribution in [0.5, 0.6) is 0 Å². The first-order chi connectivity index (χ1) is 14.1. The zero-order chi connectivity index (χ0) is 20.2. The van der Waals surface area contributed by atoms with Gasteiger partial charge in [0.15, 0.2) is 0 Å². The molecule has 0 saturated carbocycles. The highest BCUT2D eigenvalue weighted by molar-refractivity contribution is 6.06. The number of nitrogens with one attached hydrogen (secondary N) is 1. The normalized spacial score (nSPS) is 16.7. The van der Waals surface area contributed by atoms with E-state index < -0.39 is 11.7 Å². The SMILES string of the molecule is O=C(Nc1ccc(N2CCCC2)c(C(=O)N2CCCCC2)c1)c1ccccc1F. The summed E-state index contributed by atoms with van der Waals surface area (Å²) in [6, 6.07) is 11.3. The first-order valence-corrected chi connectivity index (χ1v) is 10.4. The zero-order valence-corrected chi connectivity index (χ0v) is 16.5. The molecule has 6 heteroatoms. The van der Waals surface area contributed by atoms with Crippen LogP contribution in [-0.4, -0.2) is 42.9 Å². The van der Waals surface area contributed by atoms with Crippen molar-refractivity contribution in [3.8, 4) is 0 Å². The summed E-state index contributed by atoms with van der Waals surface area (Å²) < 4.78 is 13.9. The molecule has 5 nitrogen and oxygen atoms in total. The van der Waals surface area contributed by atoms with Crippen LogP contribution in [0.25, 0.3) is 0 Å². The predicted octanol–water partition coefficient (Wildman–Crippen LogP) is 4.30. The quantitative estimate of drug-likeness (QED) is 0.840. The Bertz CT molecular complexity index is 903. The fraction of sp³-hybridized carbons (Fsp3) is 0.391. The van der Waals surface area contributed by atoms with Crippen LogP contribution in [0.1, 0.15) is 52.8 Å². The molecule has 0 unspecified atom stereocenters. The molecule has 0 bridgehead atoms. The van der Waals surface area contributed by atoms with Gasteiger partial charge in [-0.2, -0.15) is 0 Å². The van der Waals surface area contributed by atoms with Gasteiger partial charge in [0, 0.05) is 37.6 Å². The van der Waals surface area contributed by atoms with E-state index in [1.807, 2.05) is 11.0 Å². The zero-order valence-electron chi connectivity index (χ0n) is 16.5. The third-order valence-electron chi connectivity index (χ3n) is 5.69. The number of amides is 2. The van der Waals surface area contributed by atoms with E-state index in [0.29, 0.717) is 11.3 Å². The number of anilines is 2. The molecule has 4 rings (SSSR count). The van der Waals surface area contributed by atoms with Crippen molar-refractivity contribution in [1.29, 1.82) is 0 Å². The molecule has 0 spiro atoms. The van der Waals surface area contributed by atoms with Crippen LogP contribution in [0.2, 0.25) is 0 Å². The first-order valence-electron chi connectivity index (χ1n) is 10.4. The Kier molecular flexibility index (Phi) is 5.79. The van der Waals surface area contributed by atoms with Crippen molar-refractivity contribution < 1.29 is 14.0 Å². The second-order valence-corrected chi connectivity index (χ2v) is 7.71. The molecule has 2 saturated heterocycles. The summed E-state index contributed by atoms with van der Waals surface area (Å²) in [6.07, 6.45) is 5.43. The van der Waals surface area contributed by atoms with Crippen molar-refractivity contribution in [3.05, 3.63) is 59.4 Å². The standard InChI is InChI=1S/C23H26FN3O2/c24-20-9-3-2-8-18(20)22(28)25-17-10-11-21(26-12-6-7-13-26)19(16-17)23(29)27-14-4-1-5-15-27/h2-3,8-11,16H,1,4-7,12-15H2,(H,25,28). The summed E-state index contributed by atoms with van der Waals surface area (Å²) in [5.74, 6) is -1.08. The summed E-state index contributed by atoms with van der Waals surface area (Å²) >= 11 is 0. The predicted molar refractivity (Wildman–Crippen MR) is 112 cm³/mol. The van der Waals surface area contributed by atoms with Gasteiger partial charge < -0.3 is 15.1 Å². The van der Waals surface area contributed by atoms with Gasteiger partial charge >= 0.3 is 0 Å². The monoisotopic (exact) mass is 395 g/mol. The van der Waals surface area contributed by atoms with Crippen LogP contribution in [0.15, 0.2) is 42.5 Å². The van der Waals surface area contributed by atoms with E-state index >= 15 is 0 Å². The van der Waals surface area contributed by atoms with Gasteiger partial charge in [-0.25, -0.2) is 4.39 Å². The Labute approximate surface area is 170 Å². The minimum absolute atomic E-state index is 0.00795. The number of rotatable bonds is 4. The first kappa shape index (κ1) is 19.4. The molecule has 0 aliphatic carbocycles. The minimum Gasteiger partial charge on any atom is -0.371 e. The van der Waals surface area contributed by atoms with Gasteiger partial charge in [-0.3, -0.25) is 9.59 Å². The number of hydrogen-bond acceptors (Lipinski definition) is 3. The fourth-order valence-corrected chi connectivity index (χ4v) is 4.13.